The largest absolute Gasteiger partial charge is 0.491 e. The normalized spacial score (nSPS) is 13.4. The average Bonchev–Trinajstić information content (AvgIpc) is 2.70. The molecule has 0 spiro atoms. The molecule has 1 aliphatic rings. The fourth-order valence-electron chi connectivity index (χ4n) is 2.38. The number of fused-ring (bicyclic) bond motifs is 1. The van der Waals surface area contributed by atoms with Gasteiger partial charge in [-0.3, -0.25) is 9.59 Å². The highest BCUT2D eigenvalue weighted by molar-refractivity contribution is 6.05. The van der Waals surface area contributed by atoms with Crippen LogP contribution in [0, 0.1) is 13.8 Å². The first-order chi connectivity index (χ1) is 11.0. The van der Waals surface area contributed by atoms with E-state index in [0.717, 1.165) is 11.1 Å². The second kappa shape index (κ2) is 6.12. The van der Waals surface area contributed by atoms with Gasteiger partial charge in [-0.2, -0.15) is 0 Å². The first-order valence-electron chi connectivity index (χ1n) is 7.48. The highest BCUT2D eigenvalue weighted by Gasteiger charge is 2.15. The number of hydrogen-bond donors (Lipinski definition) is 2. The van der Waals surface area contributed by atoms with E-state index >= 15 is 0 Å². The second-order valence-electron chi connectivity index (χ2n) is 5.61. The van der Waals surface area contributed by atoms with Gasteiger partial charge in [-0.05, 0) is 55.3 Å². The molecule has 5 heteroatoms. The molecule has 3 rings (SSSR count). The van der Waals surface area contributed by atoms with Crippen LogP contribution >= 0.6 is 0 Å². The van der Waals surface area contributed by atoms with E-state index in [-0.39, 0.29) is 11.8 Å². The summed E-state index contributed by atoms with van der Waals surface area (Å²) in [5, 5.41) is 5.62. The smallest absolute Gasteiger partial charge is 0.255 e. The molecule has 0 unspecified atom stereocenters. The van der Waals surface area contributed by atoms with Crippen LogP contribution in [0.5, 0.6) is 5.75 Å². The number of ether oxygens (including phenoxy) is 1. The fraction of sp³-hybridized carbons (Fsp3) is 0.222. The lowest BCUT2D eigenvalue weighted by atomic mass is 10.1. The zero-order chi connectivity index (χ0) is 16.4. The predicted octanol–water partition coefficient (Wildman–Crippen LogP) is 3.28. The Morgan fingerprint density at radius 1 is 1.13 bits per heavy atom. The quantitative estimate of drug-likeness (QED) is 0.894. The van der Waals surface area contributed by atoms with Crippen molar-refractivity contribution in [2.75, 3.05) is 17.2 Å². The van der Waals surface area contributed by atoms with Crippen molar-refractivity contribution in [3.8, 4) is 5.75 Å². The molecule has 0 saturated carbocycles. The Balaban J connectivity index is 1.81. The third-order valence-corrected chi connectivity index (χ3v) is 3.87. The summed E-state index contributed by atoms with van der Waals surface area (Å²) in [5.74, 6) is 0.329. The summed E-state index contributed by atoms with van der Waals surface area (Å²) in [7, 11) is 0. The summed E-state index contributed by atoms with van der Waals surface area (Å²) >= 11 is 0. The lowest BCUT2D eigenvalue weighted by Gasteiger charge is -2.11. The molecule has 2 aromatic carbocycles. The van der Waals surface area contributed by atoms with E-state index in [4.69, 9.17) is 4.74 Å². The van der Waals surface area contributed by atoms with Gasteiger partial charge in [-0.15, -0.1) is 0 Å². The lowest BCUT2D eigenvalue weighted by Crippen LogP contribution is -2.13. The number of hydrogen-bond acceptors (Lipinski definition) is 3. The van der Waals surface area contributed by atoms with E-state index in [1.807, 2.05) is 26.0 Å². The Morgan fingerprint density at radius 2 is 1.96 bits per heavy atom. The van der Waals surface area contributed by atoms with E-state index in [1.165, 1.54) is 0 Å². The van der Waals surface area contributed by atoms with Crippen molar-refractivity contribution in [1.82, 2.24) is 0 Å². The molecule has 1 heterocycles. The summed E-state index contributed by atoms with van der Waals surface area (Å²) in [6.07, 6.45) is 0.318. The number of anilines is 2. The van der Waals surface area contributed by atoms with E-state index in [0.29, 0.717) is 35.7 Å². The minimum absolute atomic E-state index is 0.0959. The Hall–Kier alpha value is -2.82. The Kier molecular flexibility index (Phi) is 4.02. The van der Waals surface area contributed by atoms with Gasteiger partial charge in [0.05, 0.1) is 18.7 Å². The number of nitrogens with one attached hydrogen (secondary N) is 2. The van der Waals surface area contributed by atoms with Gasteiger partial charge in [0, 0.05) is 11.3 Å². The average molecular weight is 310 g/mol. The lowest BCUT2D eigenvalue weighted by molar-refractivity contribution is -0.116. The van der Waals surface area contributed by atoms with Crippen LogP contribution in [0.25, 0.3) is 0 Å². The van der Waals surface area contributed by atoms with Crippen molar-refractivity contribution < 1.29 is 14.3 Å². The fourth-order valence-corrected chi connectivity index (χ4v) is 2.38. The molecule has 118 valence electrons. The van der Waals surface area contributed by atoms with Gasteiger partial charge in [0.2, 0.25) is 5.91 Å². The molecule has 2 N–H and O–H groups in total. The van der Waals surface area contributed by atoms with E-state index in [9.17, 15) is 9.59 Å². The van der Waals surface area contributed by atoms with Crippen LogP contribution in [0.4, 0.5) is 11.4 Å². The minimum atomic E-state index is -0.186. The van der Waals surface area contributed by atoms with Gasteiger partial charge in [0.25, 0.3) is 5.91 Å². The van der Waals surface area contributed by atoms with Crippen LogP contribution in [-0.2, 0) is 4.79 Å². The number of amides is 2. The summed E-state index contributed by atoms with van der Waals surface area (Å²) in [5.41, 5.74) is 4.00. The summed E-state index contributed by atoms with van der Waals surface area (Å²) in [4.78, 5) is 23.9. The number of benzene rings is 2. The molecule has 0 saturated heterocycles. The number of carbonyl (C=O) groups excluding carboxylic acids is 2. The molecular formula is C18H18N2O3. The van der Waals surface area contributed by atoms with Crippen LogP contribution in [0.15, 0.2) is 36.4 Å². The highest BCUT2D eigenvalue weighted by atomic mass is 16.5. The molecule has 0 bridgehead atoms. The molecular weight excluding hydrogens is 292 g/mol. The van der Waals surface area contributed by atoms with Crippen molar-refractivity contribution in [1.29, 1.82) is 0 Å². The van der Waals surface area contributed by atoms with E-state index in [2.05, 4.69) is 10.6 Å². The maximum absolute atomic E-state index is 12.3. The van der Waals surface area contributed by atoms with Gasteiger partial charge in [-0.25, -0.2) is 0 Å². The van der Waals surface area contributed by atoms with Crippen molar-refractivity contribution in [3.63, 3.8) is 0 Å². The molecule has 0 fully saturated rings. The van der Waals surface area contributed by atoms with Crippen LogP contribution in [0.1, 0.15) is 27.9 Å². The molecule has 2 aromatic rings. The molecule has 0 radical (unpaired) electrons. The van der Waals surface area contributed by atoms with Gasteiger partial charge in [0.15, 0.2) is 0 Å². The molecule has 1 aliphatic heterocycles. The molecule has 0 aromatic heterocycles. The first kappa shape index (κ1) is 15.1. The number of carbonyl (C=O) groups is 2. The standard InChI is InChI=1S/C18H18N2O3/c1-11-3-4-13(9-12(11)2)18(22)19-14-5-6-16-15(10-14)20-17(21)7-8-23-16/h3-6,9-10H,7-8H2,1-2H3,(H,19,22)(H,20,21). The van der Waals surface area contributed by atoms with Gasteiger partial charge >= 0.3 is 0 Å². The molecule has 0 aliphatic carbocycles. The van der Waals surface area contributed by atoms with Gasteiger partial charge < -0.3 is 15.4 Å². The Bertz CT molecular complexity index is 784. The van der Waals surface area contributed by atoms with Gasteiger partial charge in [0.1, 0.15) is 5.75 Å². The predicted molar refractivity (Wildman–Crippen MR) is 89.1 cm³/mol. The van der Waals surface area contributed by atoms with Crippen molar-refractivity contribution in [2.24, 2.45) is 0 Å². The van der Waals surface area contributed by atoms with Crippen molar-refractivity contribution >= 4 is 23.2 Å². The second-order valence-corrected chi connectivity index (χ2v) is 5.61. The van der Waals surface area contributed by atoms with Crippen LogP contribution in [0.3, 0.4) is 0 Å². The van der Waals surface area contributed by atoms with Crippen LogP contribution in [0.2, 0.25) is 0 Å². The molecule has 5 nitrogen and oxygen atoms in total. The third kappa shape index (κ3) is 3.34. The molecule has 23 heavy (non-hydrogen) atoms. The summed E-state index contributed by atoms with van der Waals surface area (Å²) in [6.45, 7) is 4.33. The monoisotopic (exact) mass is 310 g/mol. The van der Waals surface area contributed by atoms with Crippen LogP contribution < -0.4 is 15.4 Å². The zero-order valence-corrected chi connectivity index (χ0v) is 13.1. The molecule has 0 atom stereocenters. The Labute approximate surface area is 134 Å². The summed E-state index contributed by atoms with van der Waals surface area (Å²) in [6, 6.07) is 10.8. The van der Waals surface area contributed by atoms with Crippen LogP contribution in [-0.4, -0.2) is 18.4 Å². The third-order valence-electron chi connectivity index (χ3n) is 3.87. The maximum atomic E-state index is 12.3. The minimum Gasteiger partial charge on any atom is -0.491 e. The van der Waals surface area contributed by atoms with E-state index < -0.39 is 0 Å². The highest BCUT2D eigenvalue weighted by Crippen LogP contribution is 2.30. The maximum Gasteiger partial charge on any atom is 0.255 e. The van der Waals surface area contributed by atoms with Crippen molar-refractivity contribution in [3.05, 3.63) is 53.1 Å². The SMILES string of the molecule is Cc1ccc(C(=O)Nc2ccc3c(c2)NC(=O)CCO3)cc1C. The van der Waals surface area contributed by atoms with E-state index in [1.54, 1.807) is 24.3 Å². The first-order valence-corrected chi connectivity index (χ1v) is 7.48. The van der Waals surface area contributed by atoms with Gasteiger partial charge in [-0.1, -0.05) is 6.07 Å². The topological polar surface area (TPSA) is 67.4 Å². The summed E-state index contributed by atoms with van der Waals surface area (Å²) < 4.78 is 5.50. The number of rotatable bonds is 2. The van der Waals surface area contributed by atoms with Crippen molar-refractivity contribution in [2.45, 2.75) is 20.3 Å². The number of aryl methyl sites for hydroxylation is 2. The Morgan fingerprint density at radius 3 is 2.74 bits per heavy atom. The zero-order valence-electron chi connectivity index (χ0n) is 13.1. The molecule has 2 amide bonds.